The van der Waals surface area contributed by atoms with E-state index in [2.05, 4.69) is 11.6 Å². The van der Waals surface area contributed by atoms with Gasteiger partial charge in [0.25, 0.3) is 0 Å². The van der Waals surface area contributed by atoms with Gasteiger partial charge < -0.3 is 0 Å². The summed E-state index contributed by atoms with van der Waals surface area (Å²) >= 11 is 1.71. The standard InChI is InChI=1S/C6H13NO3S2.Na.H/c1-5-2-6(4-11-3-5)7-12(8,9)10;;/h5-7H,2-4H2,1H3,(H,8,9,10);;. The summed E-state index contributed by atoms with van der Waals surface area (Å²) in [4.78, 5) is 0. The van der Waals surface area contributed by atoms with Crippen molar-refractivity contribution in [1.29, 1.82) is 0 Å². The summed E-state index contributed by atoms with van der Waals surface area (Å²) < 4.78 is 31.6. The van der Waals surface area contributed by atoms with Gasteiger partial charge in [-0.2, -0.15) is 24.9 Å². The van der Waals surface area contributed by atoms with Crippen LogP contribution >= 0.6 is 11.8 Å². The zero-order chi connectivity index (χ0) is 9.19. The molecule has 1 saturated heterocycles. The summed E-state index contributed by atoms with van der Waals surface area (Å²) in [5, 5.41) is 0. The van der Waals surface area contributed by atoms with Gasteiger partial charge in [-0.05, 0) is 18.1 Å². The van der Waals surface area contributed by atoms with E-state index in [-0.39, 0.29) is 35.6 Å². The summed E-state index contributed by atoms with van der Waals surface area (Å²) in [6.45, 7) is 2.07. The fourth-order valence-corrected chi connectivity index (χ4v) is 3.21. The molecule has 2 atom stereocenters. The maximum atomic E-state index is 10.4. The number of nitrogens with one attached hydrogen (secondary N) is 1. The van der Waals surface area contributed by atoms with E-state index in [0.29, 0.717) is 5.92 Å². The van der Waals surface area contributed by atoms with Crippen LogP contribution in [0, 0.1) is 5.92 Å². The Morgan fingerprint density at radius 3 is 2.54 bits per heavy atom. The fraction of sp³-hybridized carbons (Fsp3) is 1.00. The second-order valence-electron chi connectivity index (χ2n) is 3.17. The molecule has 1 aliphatic rings. The molecule has 1 aliphatic heterocycles. The van der Waals surface area contributed by atoms with E-state index in [0.717, 1.165) is 17.9 Å². The molecule has 0 aromatic heterocycles. The Balaban J connectivity index is 0.00000144. The maximum absolute atomic E-state index is 10.4. The molecule has 1 heterocycles. The summed E-state index contributed by atoms with van der Waals surface area (Å²) in [7, 11) is -4.01. The molecular weight excluding hydrogens is 221 g/mol. The van der Waals surface area contributed by atoms with E-state index in [1.165, 1.54) is 0 Å². The molecule has 0 bridgehead atoms. The van der Waals surface area contributed by atoms with Gasteiger partial charge in [0, 0.05) is 11.8 Å². The predicted molar refractivity (Wildman–Crippen MR) is 56.7 cm³/mol. The number of hydrogen-bond acceptors (Lipinski definition) is 3. The third-order valence-electron chi connectivity index (χ3n) is 1.72. The topological polar surface area (TPSA) is 66.4 Å². The average molecular weight is 235 g/mol. The molecular formula is C6H14NNaO3S2. The minimum absolute atomic E-state index is 0. The summed E-state index contributed by atoms with van der Waals surface area (Å²) in [5.74, 6) is 2.34. The van der Waals surface area contributed by atoms with Crippen LogP contribution in [0.2, 0.25) is 0 Å². The fourth-order valence-electron chi connectivity index (χ4n) is 1.33. The van der Waals surface area contributed by atoms with Crippen LogP contribution in [0.15, 0.2) is 0 Å². The minimum atomic E-state index is -4.01. The van der Waals surface area contributed by atoms with Gasteiger partial charge in [-0.3, -0.25) is 4.55 Å². The van der Waals surface area contributed by atoms with E-state index >= 15 is 0 Å². The summed E-state index contributed by atoms with van der Waals surface area (Å²) in [6.07, 6.45) is 0.812. The average Bonchev–Trinajstić information content (AvgIpc) is 1.82. The Kier molecular flexibility index (Phi) is 6.50. The molecule has 0 radical (unpaired) electrons. The molecule has 1 rings (SSSR count). The molecule has 0 aliphatic carbocycles. The Hall–Kier alpha value is 1.22. The van der Waals surface area contributed by atoms with Crippen LogP contribution in [0.25, 0.3) is 0 Å². The number of thioether (sulfide) groups is 1. The molecule has 4 nitrogen and oxygen atoms in total. The van der Waals surface area contributed by atoms with Crippen LogP contribution < -0.4 is 4.72 Å². The third kappa shape index (κ3) is 6.33. The second kappa shape index (κ2) is 5.95. The van der Waals surface area contributed by atoms with Crippen molar-refractivity contribution in [3.05, 3.63) is 0 Å². The van der Waals surface area contributed by atoms with Gasteiger partial charge >= 0.3 is 39.9 Å². The molecule has 13 heavy (non-hydrogen) atoms. The number of hydrogen-bond donors (Lipinski definition) is 2. The zero-order valence-corrected chi connectivity index (χ0v) is 8.49. The van der Waals surface area contributed by atoms with Crippen LogP contribution in [0.5, 0.6) is 0 Å². The Morgan fingerprint density at radius 2 is 2.08 bits per heavy atom. The molecule has 0 spiro atoms. The van der Waals surface area contributed by atoms with E-state index in [1.54, 1.807) is 11.8 Å². The van der Waals surface area contributed by atoms with Gasteiger partial charge in [0.1, 0.15) is 0 Å². The Labute approximate surface area is 105 Å². The molecule has 2 N–H and O–H groups in total. The first kappa shape index (κ1) is 14.2. The van der Waals surface area contributed by atoms with Crippen molar-refractivity contribution in [1.82, 2.24) is 4.72 Å². The van der Waals surface area contributed by atoms with Gasteiger partial charge in [0.05, 0.1) is 0 Å². The van der Waals surface area contributed by atoms with E-state index < -0.39 is 10.3 Å². The first-order valence-corrected chi connectivity index (χ1v) is 6.39. The van der Waals surface area contributed by atoms with Crippen LogP contribution in [0.1, 0.15) is 13.3 Å². The van der Waals surface area contributed by atoms with Gasteiger partial charge in [0.15, 0.2) is 0 Å². The number of rotatable bonds is 2. The van der Waals surface area contributed by atoms with Crippen molar-refractivity contribution in [2.24, 2.45) is 5.92 Å². The Bertz CT molecular complexity index is 244. The first-order chi connectivity index (χ1) is 5.47. The molecule has 0 aromatic carbocycles. The molecule has 7 heteroatoms. The van der Waals surface area contributed by atoms with Gasteiger partial charge in [-0.1, -0.05) is 6.92 Å². The molecule has 0 aromatic rings. The van der Waals surface area contributed by atoms with Gasteiger partial charge in [-0.15, -0.1) is 0 Å². The van der Waals surface area contributed by atoms with Crippen molar-refractivity contribution in [3.8, 4) is 0 Å². The van der Waals surface area contributed by atoms with E-state index in [1.807, 2.05) is 0 Å². The van der Waals surface area contributed by atoms with Gasteiger partial charge in [0.2, 0.25) is 0 Å². The van der Waals surface area contributed by atoms with Crippen molar-refractivity contribution < 1.29 is 13.0 Å². The Morgan fingerprint density at radius 1 is 1.46 bits per heavy atom. The molecule has 0 saturated carbocycles. The van der Waals surface area contributed by atoms with Crippen molar-refractivity contribution in [3.63, 3.8) is 0 Å². The first-order valence-electron chi connectivity index (χ1n) is 3.80. The summed E-state index contributed by atoms with van der Waals surface area (Å²) in [6, 6.07) is -0.103. The van der Waals surface area contributed by atoms with Gasteiger partial charge in [-0.25, -0.2) is 0 Å². The second-order valence-corrected chi connectivity index (χ2v) is 5.43. The molecule has 2 unspecified atom stereocenters. The van der Waals surface area contributed by atoms with Crippen molar-refractivity contribution in [2.75, 3.05) is 11.5 Å². The SMILES string of the molecule is CC1CSCC(NS(=O)(=O)O)C1.[NaH]. The van der Waals surface area contributed by atoms with Crippen LogP contribution in [0.3, 0.4) is 0 Å². The third-order valence-corrected chi connectivity index (χ3v) is 3.80. The monoisotopic (exact) mass is 235 g/mol. The van der Waals surface area contributed by atoms with Crippen LogP contribution in [-0.2, 0) is 10.3 Å². The predicted octanol–water partition coefficient (Wildman–Crippen LogP) is -0.128. The van der Waals surface area contributed by atoms with Crippen molar-refractivity contribution >= 4 is 51.6 Å². The van der Waals surface area contributed by atoms with E-state index in [4.69, 9.17) is 4.55 Å². The normalized spacial score (nSPS) is 29.4. The van der Waals surface area contributed by atoms with E-state index in [9.17, 15) is 8.42 Å². The quantitative estimate of drug-likeness (QED) is 0.517. The molecule has 1 fully saturated rings. The summed E-state index contributed by atoms with van der Waals surface area (Å²) in [5.41, 5.74) is 0. The van der Waals surface area contributed by atoms with Crippen LogP contribution in [0.4, 0.5) is 0 Å². The van der Waals surface area contributed by atoms with Crippen LogP contribution in [-0.4, -0.2) is 60.1 Å². The molecule has 74 valence electrons. The molecule has 0 amide bonds. The zero-order valence-electron chi connectivity index (χ0n) is 6.86. The van der Waals surface area contributed by atoms with Crippen molar-refractivity contribution in [2.45, 2.75) is 19.4 Å².